The molecule has 0 heterocycles. The van der Waals surface area contributed by atoms with Gasteiger partial charge in [-0.3, -0.25) is 19.2 Å². The number of rotatable bonds is 4. The largest absolute Gasteiger partial charge is 0.384 e. The number of Topliss-reactive ketones (excluding diaryl/α,β-unsaturated/α-hetero) is 4. The van der Waals surface area contributed by atoms with Gasteiger partial charge in [-0.2, -0.15) is 0 Å². The second-order valence-corrected chi connectivity index (χ2v) is 6.50. The molecule has 0 aromatic rings. The number of ketones is 4. The van der Waals surface area contributed by atoms with E-state index in [0.29, 0.717) is 0 Å². The topological polar surface area (TPSA) is 77.5 Å². The van der Waals surface area contributed by atoms with Crippen LogP contribution in [0.4, 0.5) is 0 Å². The zero-order valence-corrected chi connectivity index (χ0v) is 12.9. The average Bonchev–Trinajstić information content (AvgIpc) is 2.36. The Morgan fingerprint density at radius 2 is 1.50 bits per heavy atom. The fourth-order valence-electron chi connectivity index (χ4n) is 2.72. The van der Waals surface area contributed by atoms with Gasteiger partial charge in [0.05, 0.1) is 17.4 Å². The Kier molecular flexibility index (Phi) is 4.34. The lowest BCUT2D eigenvalue weighted by Gasteiger charge is -2.40. The minimum Gasteiger partial charge on any atom is -0.384 e. The quantitative estimate of drug-likeness (QED) is 0.725. The van der Waals surface area contributed by atoms with E-state index in [1.807, 2.05) is 0 Å². The average molecular weight is 282 g/mol. The van der Waals surface area contributed by atoms with Gasteiger partial charge in [-0.05, 0) is 27.7 Å². The van der Waals surface area contributed by atoms with E-state index < -0.39 is 45.8 Å². The van der Waals surface area contributed by atoms with Gasteiger partial charge in [0.2, 0.25) is 0 Å². The summed E-state index contributed by atoms with van der Waals surface area (Å²) in [6.07, 6.45) is 0. The van der Waals surface area contributed by atoms with Gasteiger partial charge in [0.25, 0.3) is 0 Å². The third kappa shape index (κ3) is 2.35. The van der Waals surface area contributed by atoms with E-state index in [4.69, 9.17) is 4.74 Å². The molecule has 112 valence electrons. The maximum Gasteiger partial charge on any atom is 0.163 e. The molecule has 0 radical (unpaired) electrons. The summed E-state index contributed by atoms with van der Waals surface area (Å²) in [7, 11) is 1.45. The molecule has 20 heavy (non-hydrogen) atoms. The van der Waals surface area contributed by atoms with Crippen LogP contribution in [0, 0.1) is 22.7 Å². The molecule has 0 spiro atoms. The van der Waals surface area contributed by atoms with Crippen LogP contribution >= 0.6 is 0 Å². The van der Waals surface area contributed by atoms with E-state index in [1.165, 1.54) is 34.8 Å². The van der Waals surface area contributed by atoms with Crippen LogP contribution in [0.2, 0.25) is 0 Å². The summed E-state index contributed by atoms with van der Waals surface area (Å²) in [5.74, 6) is -4.00. The molecule has 1 saturated carbocycles. The highest BCUT2D eigenvalue weighted by Gasteiger charge is 2.60. The lowest BCUT2D eigenvalue weighted by atomic mass is 9.57. The van der Waals surface area contributed by atoms with Crippen molar-refractivity contribution in [3.63, 3.8) is 0 Å². The van der Waals surface area contributed by atoms with Crippen LogP contribution in [0.25, 0.3) is 0 Å². The first-order valence-corrected chi connectivity index (χ1v) is 6.65. The Morgan fingerprint density at radius 1 is 1.10 bits per heavy atom. The first-order chi connectivity index (χ1) is 8.99. The monoisotopic (exact) mass is 282 g/mol. The number of methoxy groups -OCH3 is 1. The summed E-state index contributed by atoms with van der Waals surface area (Å²) >= 11 is 0. The van der Waals surface area contributed by atoms with Crippen LogP contribution in [-0.2, 0) is 23.9 Å². The summed E-state index contributed by atoms with van der Waals surface area (Å²) < 4.78 is 4.90. The molecule has 0 amide bonds. The Balaban J connectivity index is 3.26. The number of carbonyl (C=O) groups excluding carboxylic acids is 4. The molecule has 1 atom stereocenters. The Hall–Kier alpha value is -1.36. The fourth-order valence-corrected chi connectivity index (χ4v) is 2.72. The predicted molar refractivity (Wildman–Crippen MR) is 72.1 cm³/mol. The van der Waals surface area contributed by atoms with E-state index in [-0.39, 0.29) is 6.61 Å². The van der Waals surface area contributed by atoms with Crippen molar-refractivity contribution in [2.45, 2.75) is 34.6 Å². The van der Waals surface area contributed by atoms with Crippen molar-refractivity contribution in [2.24, 2.45) is 22.7 Å². The van der Waals surface area contributed by atoms with Crippen LogP contribution in [0.5, 0.6) is 0 Å². The lowest BCUT2D eigenvalue weighted by Crippen LogP contribution is -2.60. The highest BCUT2D eigenvalue weighted by atomic mass is 16.5. The van der Waals surface area contributed by atoms with E-state index in [1.54, 1.807) is 6.92 Å². The van der Waals surface area contributed by atoms with Crippen LogP contribution in [0.1, 0.15) is 34.6 Å². The fraction of sp³-hybridized carbons (Fsp3) is 0.733. The molecule has 0 aliphatic heterocycles. The number of hydrogen-bond donors (Lipinski definition) is 0. The summed E-state index contributed by atoms with van der Waals surface area (Å²) in [4.78, 5) is 49.4. The standard InChI is InChI=1S/C15H22O5/c1-8(7-20-6)10(16)9-11(17)14(2,3)13(19)15(4,5)12(9)18/h8-9H,7H2,1-6H3. The minimum atomic E-state index is -1.36. The van der Waals surface area contributed by atoms with Gasteiger partial charge in [-0.15, -0.1) is 0 Å². The molecule has 5 nitrogen and oxygen atoms in total. The van der Waals surface area contributed by atoms with Gasteiger partial charge in [0.1, 0.15) is 5.92 Å². The molecule has 0 saturated heterocycles. The molecule has 1 rings (SSSR count). The molecule has 1 unspecified atom stereocenters. The van der Waals surface area contributed by atoms with E-state index in [0.717, 1.165) is 0 Å². The summed E-state index contributed by atoms with van der Waals surface area (Å²) in [5.41, 5.74) is -2.63. The Labute approximate surface area is 119 Å². The van der Waals surface area contributed by atoms with E-state index in [2.05, 4.69) is 0 Å². The van der Waals surface area contributed by atoms with Crippen molar-refractivity contribution in [2.75, 3.05) is 13.7 Å². The molecule has 1 aliphatic rings. The highest BCUT2D eigenvalue weighted by Crippen LogP contribution is 2.41. The lowest BCUT2D eigenvalue weighted by molar-refractivity contribution is -0.162. The first-order valence-electron chi connectivity index (χ1n) is 6.65. The van der Waals surface area contributed by atoms with Gasteiger partial charge in [-0.25, -0.2) is 0 Å². The van der Waals surface area contributed by atoms with Crippen molar-refractivity contribution in [3.8, 4) is 0 Å². The molecule has 0 aromatic carbocycles. The van der Waals surface area contributed by atoms with Crippen molar-refractivity contribution < 1.29 is 23.9 Å². The molecule has 5 heteroatoms. The van der Waals surface area contributed by atoms with Crippen molar-refractivity contribution in [1.29, 1.82) is 0 Å². The second-order valence-electron chi connectivity index (χ2n) is 6.50. The molecule has 0 N–H and O–H groups in total. The van der Waals surface area contributed by atoms with Crippen LogP contribution in [-0.4, -0.2) is 36.8 Å². The van der Waals surface area contributed by atoms with Crippen LogP contribution in [0.3, 0.4) is 0 Å². The second kappa shape index (κ2) is 5.20. The van der Waals surface area contributed by atoms with Gasteiger partial charge >= 0.3 is 0 Å². The molecule has 1 aliphatic carbocycles. The van der Waals surface area contributed by atoms with E-state index >= 15 is 0 Å². The first kappa shape index (κ1) is 16.7. The molecule has 1 fully saturated rings. The molecular formula is C15H22O5. The summed E-state index contributed by atoms with van der Waals surface area (Å²) in [6.45, 7) is 7.67. The van der Waals surface area contributed by atoms with Gasteiger partial charge in [-0.1, -0.05) is 6.92 Å². The van der Waals surface area contributed by atoms with Gasteiger partial charge in [0, 0.05) is 13.0 Å². The molecular weight excluding hydrogens is 260 g/mol. The third-order valence-electron chi connectivity index (χ3n) is 4.08. The summed E-state index contributed by atoms with van der Waals surface area (Å²) in [6, 6.07) is 0. The van der Waals surface area contributed by atoms with Crippen molar-refractivity contribution in [1.82, 2.24) is 0 Å². The molecule has 0 bridgehead atoms. The zero-order chi connectivity index (χ0) is 15.9. The van der Waals surface area contributed by atoms with Crippen molar-refractivity contribution >= 4 is 23.1 Å². The smallest absolute Gasteiger partial charge is 0.163 e. The normalized spacial score (nSPS) is 23.8. The number of ether oxygens (including phenoxy) is 1. The zero-order valence-electron chi connectivity index (χ0n) is 12.9. The van der Waals surface area contributed by atoms with Crippen LogP contribution in [0.15, 0.2) is 0 Å². The Bertz CT molecular complexity index is 443. The summed E-state index contributed by atoms with van der Waals surface area (Å²) in [5, 5.41) is 0. The van der Waals surface area contributed by atoms with Crippen LogP contribution < -0.4 is 0 Å². The van der Waals surface area contributed by atoms with E-state index in [9.17, 15) is 19.2 Å². The highest BCUT2D eigenvalue weighted by molar-refractivity contribution is 6.35. The predicted octanol–water partition coefficient (Wildman–Crippen LogP) is 1.23. The number of hydrogen-bond acceptors (Lipinski definition) is 5. The van der Waals surface area contributed by atoms with Gasteiger partial charge < -0.3 is 4.74 Å². The van der Waals surface area contributed by atoms with Gasteiger partial charge in [0.15, 0.2) is 23.1 Å². The molecule has 0 aromatic heterocycles. The Morgan fingerprint density at radius 3 is 1.85 bits per heavy atom. The number of carbonyl (C=O) groups is 4. The maximum absolute atomic E-state index is 12.4. The SMILES string of the molecule is COCC(C)C(=O)C1C(=O)C(C)(C)C(=O)C(C)(C)C1=O. The third-order valence-corrected chi connectivity index (χ3v) is 4.08. The maximum atomic E-state index is 12.4. The van der Waals surface area contributed by atoms with Crippen molar-refractivity contribution in [3.05, 3.63) is 0 Å². The minimum absolute atomic E-state index is 0.144.